The predicted molar refractivity (Wildman–Crippen MR) is 33.0 cm³/mol. The average Bonchev–Trinajstić information content (AvgIpc) is 1.68. The first-order valence-electron chi connectivity index (χ1n) is 1.67. The molecule has 0 heterocycles. The quantitative estimate of drug-likeness (QED) is 0.411. The fourth-order valence-corrected chi connectivity index (χ4v) is 0.612. The Labute approximate surface area is 89.1 Å². The summed E-state index contributed by atoms with van der Waals surface area (Å²) in [5, 5.41) is 7.00. The van der Waals surface area contributed by atoms with Crippen LogP contribution in [0.1, 0.15) is 0 Å². The van der Waals surface area contributed by atoms with Gasteiger partial charge >= 0.3 is 37.7 Å². The molecule has 0 fully saturated rings. The maximum absolute atomic E-state index is 9.29. The Morgan fingerprint density at radius 2 is 1.40 bits per heavy atom. The average molecular weight is 216 g/mol. The summed E-state index contributed by atoms with van der Waals surface area (Å²) in [7, 11) is -6.03. The van der Waals surface area contributed by atoms with Gasteiger partial charge in [-0.1, -0.05) is 0 Å². The van der Waals surface area contributed by atoms with E-state index < -0.39 is 16.5 Å². The van der Waals surface area contributed by atoms with Gasteiger partial charge in [0.25, 0.3) is 0 Å². The van der Waals surface area contributed by atoms with Gasteiger partial charge in [0.2, 0.25) is 0 Å². The molecule has 0 aliphatic heterocycles. The SMILES string of the molecule is CO.O=[PH]([O-])O[PH](=O)[O-].[Ca+2]. The first-order chi connectivity index (χ1) is 4.13. The van der Waals surface area contributed by atoms with E-state index in [0.717, 1.165) is 7.11 Å². The van der Waals surface area contributed by atoms with Crippen molar-refractivity contribution in [2.75, 3.05) is 7.11 Å². The van der Waals surface area contributed by atoms with Gasteiger partial charge in [0.15, 0.2) is 0 Å². The van der Waals surface area contributed by atoms with E-state index in [9.17, 15) is 18.9 Å². The van der Waals surface area contributed by atoms with Crippen LogP contribution in [-0.2, 0) is 13.4 Å². The summed E-state index contributed by atoms with van der Waals surface area (Å²) in [6.45, 7) is 0. The summed E-state index contributed by atoms with van der Waals surface area (Å²) in [4.78, 5) is 18.6. The van der Waals surface area contributed by atoms with Gasteiger partial charge in [-0.3, -0.25) is 4.31 Å². The van der Waals surface area contributed by atoms with Gasteiger partial charge in [-0.25, -0.2) is 0 Å². The van der Waals surface area contributed by atoms with Crippen molar-refractivity contribution in [2.24, 2.45) is 0 Å². The molecule has 0 radical (unpaired) electrons. The van der Waals surface area contributed by atoms with Crippen LogP contribution in [0.3, 0.4) is 0 Å². The minimum atomic E-state index is -3.51. The minimum Gasteiger partial charge on any atom is -0.781 e. The maximum atomic E-state index is 9.29. The van der Waals surface area contributed by atoms with Crippen LogP contribution < -0.4 is 9.79 Å². The number of hydrogen-bond donors (Lipinski definition) is 1. The van der Waals surface area contributed by atoms with Crippen molar-refractivity contribution in [2.45, 2.75) is 0 Å². The third kappa shape index (κ3) is 22.7. The first kappa shape index (κ1) is 17.6. The summed E-state index contributed by atoms with van der Waals surface area (Å²) in [5.74, 6) is 0. The van der Waals surface area contributed by atoms with Crippen molar-refractivity contribution in [1.82, 2.24) is 0 Å². The molecule has 0 amide bonds. The van der Waals surface area contributed by atoms with Gasteiger partial charge in [-0.15, -0.1) is 0 Å². The van der Waals surface area contributed by atoms with E-state index >= 15 is 0 Å². The fourth-order valence-electron chi connectivity index (χ4n) is 0.0680. The van der Waals surface area contributed by atoms with E-state index in [4.69, 9.17) is 5.11 Å². The van der Waals surface area contributed by atoms with Gasteiger partial charge in [-0.2, -0.15) is 0 Å². The maximum Gasteiger partial charge on any atom is 2.00 e. The molecule has 2 unspecified atom stereocenters. The Bertz CT molecular complexity index is 91.9. The zero-order valence-corrected chi connectivity index (χ0v) is 9.40. The molecule has 0 aromatic rings. The normalized spacial score (nSPS) is 13.6. The van der Waals surface area contributed by atoms with Crippen LogP contribution in [-0.4, -0.2) is 50.0 Å². The van der Waals surface area contributed by atoms with Crippen LogP contribution in [0.4, 0.5) is 0 Å². The zero-order chi connectivity index (χ0) is 7.86. The molecule has 1 N–H and O–H groups in total. The van der Waals surface area contributed by atoms with Gasteiger partial charge in [0.05, 0.1) is 0 Å². The molecule has 9 heteroatoms. The molecule has 0 aromatic heterocycles. The summed E-state index contributed by atoms with van der Waals surface area (Å²) in [5.41, 5.74) is 0. The van der Waals surface area contributed by atoms with Crippen LogP contribution in [0.25, 0.3) is 0 Å². The molecule has 6 nitrogen and oxygen atoms in total. The molecule has 58 valence electrons. The molecule has 0 rings (SSSR count). The standard InChI is InChI=1S/CH4O.Ca.H4O5P2/c1-2;;1-6(2)5-7(3)4/h2H,1H3;;6-7H,(H,1,2)(H,3,4)/q;+2;/p-2. The van der Waals surface area contributed by atoms with Crippen LogP contribution in [0.5, 0.6) is 0 Å². The Hall–Kier alpha value is 1.56. The van der Waals surface area contributed by atoms with Crippen molar-refractivity contribution in [3.05, 3.63) is 0 Å². The van der Waals surface area contributed by atoms with E-state index in [1.807, 2.05) is 0 Å². The van der Waals surface area contributed by atoms with E-state index in [1.165, 1.54) is 0 Å². The third-order valence-corrected chi connectivity index (χ3v) is 1.50. The smallest absolute Gasteiger partial charge is 0.781 e. The predicted octanol–water partition coefficient (Wildman–Crippen LogP) is -2.27. The number of hydrogen-bond acceptors (Lipinski definition) is 6. The third-order valence-electron chi connectivity index (χ3n) is 0.167. The summed E-state index contributed by atoms with van der Waals surface area (Å²) in [6.07, 6.45) is 0. The molecule has 10 heavy (non-hydrogen) atoms. The van der Waals surface area contributed by atoms with E-state index in [2.05, 4.69) is 4.31 Å². The molecule has 0 spiro atoms. The second kappa shape index (κ2) is 13.2. The summed E-state index contributed by atoms with van der Waals surface area (Å²) >= 11 is 0. The number of aliphatic hydroxyl groups excluding tert-OH is 1. The summed E-state index contributed by atoms with van der Waals surface area (Å²) in [6, 6.07) is 0. The van der Waals surface area contributed by atoms with Gasteiger partial charge in [0, 0.05) is 7.11 Å². The van der Waals surface area contributed by atoms with Crippen molar-refractivity contribution >= 4 is 54.2 Å². The molecule has 2 atom stereocenters. The van der Waals surface area contributed by atoms with Gasteiger partial charge in [0.1, 0.15) is 16.5 Å². The topological polar surface area (TPSA) is 110 Å². The Morgan fingerprint density at radius 3 is 1.40 bits per heavy atom. The molecular weight excluding hydrogens is 210 g/mol. The second-order valence-corrected chi connectivity index (χ2v) is 2.42. The Morgan fingerprint density at radius 1 is 1.20 bits per heavy atom. The van der Waals surface area contributed by atoms with Crippen molar-refractivity contribution in [3.8, 4) is 0 Å². The first-order valence-corrected chi connectivity index (χ1v) is 4.12. The molecule has 0 aromatic carbocycles. The molecule has 0 aliphatic rings. The van der Waals surface area contributed by atoms with Crippen molar-refractivity contribution in [1.29, 1.82) is 0 Å². The van der Waals surface area contributed by atoms with E-state index in [1.54, 1.807) is 0 Å². The molecule has 0 bridgehead atoms. The Kier molecular flexibility index (Phi) is 23.2. The summed E-state index contributed by atoms with van der Waals surface area (Å²) < 4.78 is 21.8. The molecule has 0 saturated carbocycles. The largest absolute Gasteiger partial charge is 2.00 e. The number of rotatable bonds is 2. The van der Waals surface area contributed by atoms with Crippen molar-refractivity contribution < 1.29 is 28.3 Å². The van der Waals surface area contributed by atoms with Crippen LogP contribution >= 0.6 is 16.5 Å². The van der Waals surface area contributed by atoms with Crippen LogP contribution in [0.2, 0.25) is 0 Å². The second-order valence-electron chi connectivity index (χ2n) is 0.602. The molecule has 0 aliphatic carbocycles. The van der Waals surface area contributed by atoms with Gasteiger partial charge in [-0.05, 0) is 0 Å². The minimum absolute atomic E-state index is 0. The van der Waals surface area contributed by atoms with Crippen LogP contribution in [0.15, 0.2) is 0 Å². The number of aliphatic hydroxyl groups is 1. The van der Waals surface area contributed by atoms with Crippen molar-refractivity contribution in [3.63, 3.8) is 0 Å². The van der Waals surface area contributed by atoms with E-state index in [-0.39, 0.29) is 37.7 Å². The monoisotopic (exact) mass is 216 g/mol. The Balaban J connectivity index is -0.000000149. The van der Waals surface area contributed by atoms with E-state index in [0.29, 0.717) is 0 Å². The fraction of sp³-hybridized carbons (Fsp3) is 1.00. The van der Waals surface area contributed by atoms with Crippen LogP contribution in [0, 0.1) is 0 Å². The zero-order valence-electron chi connectivity index (χ0n) is 5.20. The molecular formula is CH6CaO6P2. The molecule has 0 saturated heterocycles. The van der Waals surface area contributed by atoms with Gasteiger partial charge < -0.3 is 24.0 Å².